The van der Waals surface area contributed by atoms with Gasteiger partial charge in [0.25, 0.3) is 5.69 Å². The third kappa shape index (κ3) is 4.42. The first-order valence-electron chi connectivity index (χ1n) is 10.7. The fourth-order valence-electron chi connectivity index (χ4n) is 3.69. The summed E-state index contributed by atoms with van der Waals surface area (Å²) >= 11 is 0. The Balaban J connectivity index is 1.28. The van der Waals surface area contributed by atoms with E-state index < -0.39 is 4.92 Å². The minimum Gasteiger partial charge on any atom is -0.489 e. The van der Waals surface area contributed by atoms with E-state index in [9.17, 15) is 14.9 Å². The number of hydrogen-bond acceptors (Lipinski definition) is 5. The number of rotatable bonds is 6. The summed E-state index contributed by atoms with van der Waals surface area (Å²) in [6.45, 7) is 0.237. The van der Waals surface area contributed by atoms with Gasteiger partial charge in [0, 0.05) is 18.2 Å². The molecule has 0 bridgehead atoms. The lowest BCUT2D eigenvalue weighted by molar-refractivity contribution is -0.384. The van der Waals surface area contributed by atoms with E-state index in [1.54, 1.807) is 36.4 Å². The molecule has 0 amide bonds. The van der Waals surface area contributed by atoms with Gasteiger partial charge in [0.15, 0.2) is 5.76 Å². The molecule has 0 saturated carbocycles. The number of allylic oxidation sites excluding steroid dienone is 1. The maximum absolute atomic E-state index is 12.8. The van der Waals surface area contributed by atoms with Crippen LogP contribution in [0.25, 0.3) is 17.2 Å². The van der Waals surface area contributed by atoms with Crippen molar-refractivity contribution in [2.75, 3.05) is 0 Å². The molecular weight excluding hydrogens is 430 g/mol. The number of nitro benzene ring substituents is 1. The van der Waals surface area contributed by atoms with Crippen molar-refractivity contribution in [2.45, 2.75) is 6.61 Å². The Hall–Kier alpha value is -4.71. The van der Waals surface area contributed by atoms with Crippen molar-refractivity contribution in [1.82, 2.24) is 0 Å². The highest BCUT2D eigenvalue weighted by molar-refractivity contribution is 6.14. The van der Waals surface area contributed by atoms with Crippen LogP contribution in [0.2, 0.25) is 0 Å². The molecule has 4 aromatic rings. The summed E-state index contributed by atoms with van der Waals surface area (Å²) in [5, 5.41) is 10.8. The second-order valence-corrected chi connectivity index (χ2v) is 7.80. The third-order valence-corrected chi connectivity index (χ3v) is 5.51. The summed E-state index contributed by atoms with van der Waals surface area (Å²) in [7, 11) is 0. The van der Waals surface area contributed by atoms with Crippen LogP contribution in [0.4, 0.5) is 5.69 Å². The fourth-order valence-corrected chi connectivity index (χ4v) is 3.69. The predicted octanol–water partition coefficient (Wildman–Crippen LogP) is 6.46. The van der Waals surface area contributed by atoms with Crippen LogP contribution in [-0.2, 0) is 6.61 Å². The van der Waals surface area contributed by atoms with Crippen molar-refractivity contribution < 1.29 is 19.2 Å². The zero-order valence-electron chi connectivity index (χ0n) is 18.0. The Morgan fingerprint density at radius 2 is 1.56 bits per heavy atom. The second kappa shape index (κ2) is 9.03. The quantitative estimate of drug-likeness (QED) is 0.192. The van der Waals surface area contributed by atoms with Gasteiger partial charge in [-0.25, -0.2) is 0 Å². The molecule has 6 heteroatoms. The van der Waals surface area contributed by atoms with E-state index in [1.807, 2.05) is 42.5 Å². The molecule has 166 valence electrons. The van der Waals surface area contributed by atoms with Gasteiger partial charge < -0.3 is 9.47 Å². The van der Waals surface area contributed by atoms with Crippen molar-refractivity contribution in [3.05, 3.63) is 130 Å². The third-order valence-electron chi connectivity index (χ3n) is 5.51. The van der Waals surface area contributed by atoms with Crippen molar-refractivity contribution in [1.29, 1.82) is 0 Å². The molecule has 1 aliphatic heterocycles. The van der Waals surface area contributed by atoms with Crippen molar-refractivity contribution in [3.63, 3.8) is 0 Å². The minimum atomic E-state index is -0.442. The van der Waals surface area contributed by atoms with Crippen molar-refractivity contribution >= 4 is 17.5 Å². The Labute approximate surface area is 195 Å². The van der Waals surface area contributed by atoms with Crippen LogP contribution in [-0.4, -0.2) is 10.7 Å². The largest absolute Gasteiger partial charge is 0.489 e. The Morgan fingerprint density at radius 1 is 0.853 bits per heavy atom. The smallest absolute Gasteiger partial charge is 0.269 e. The van der Waals surface area contributed by atoms with Crippen LogP contribution in [0.3, 0.4) is 0 Å². The molecule has 0 aromatic heterocycles. The number of hydrogen-bond donors (Lipinski definition) is 0. The summed E-state index contributed by atoms with van der Waals surface area (Å²) in [6.07, 6.45) is 1.73. The molecule has 0 atom stereocenters. The lowest BCUT2D eigenvalue weighted by Crippen LogP contribution is -1.98. The van der Waals surface area contributed by atoms with Crippen molar-refractivity contribution in [3.8, 4) is 22.6 Å². The molecule has 5 rings (SSSR count). The molecule has 4 aromatic carbocycles. The summed E-state index contributed by atoms with van der Waals surface area (Å²) in [6, 6.07) is 29.2. The molecule has 6 nitrogen and oxygen atoms in total. The highest BCUT2D eigenvalue weighted by atomic mass is 16.6. The normalized spacial score (nSPS) is 13.4. The highest BCUT2D eigenvalue weighted by Gasteiger charge is 2.27. The summed E-state index contributed by atoms with van der Waals surface area (Å²) in [5.74, 6) is 1.07. The molecule has 0 saturated heterocycles. The first-order valence-corrected chi connectivity index (χ1v) is 10.7. The van der Waals surface area contributed by atoms with E-state index in [4.69, 9.17) is 9.47 Å². The number of nitro groups is 1. The van der Waals surface area contributed by atoms with Crippen molar-refractivity contribution in [2.24, 2.45) is 0 Å². The highest BCUT2D eigenvalue weighted by Crippen LogP contribution is 2.35. The van der Waals surface area contributed by atoms with Gasteiger partial charge in [0.1, 0.15) is 18.1 Å². The van der Waals surface area contributed by atoms with Gasteiger partial charge >= 0.3 is 0 Å². The van der Waals surface area contributed by atoms with E-state index in [2.05, 4.69) is 12.1 Å². The molecule has 0 spiro atoms. The van der Waals surface area contributed by atoms with E-state index in [-0.39, 0.29) is 23.8 Å². The molecule has 0 unspecified atom stereocenters. The molecule has 1 aliphatic rings. The van der Waals surface area contributed by atoms with Crippen LogP contribution in [0.15, 0.2) is 103 Å². The molecule has 0 aliphatic carbocycles. The number of fused-ring (bicyclic) bond motifs is 1. The van der Waals surface area contributed by atoms with Gasteiger partial charge in [-0.1, -0.05) is 54.6 Å². The Morgan fingerprint density at radius 3 is 2.26 bits per heavy atom. The Bertz CT molecular complexity index is 1390. The molecule has 1 heterocycles. The average molecular weight is 449 g/mol. The zero-order chi connectivity index (χ0) is 23.5. The fraction of sp³-hybridized carbons (Fsp3) is 0.0357. The molecule has 0 fully saturated rings. The number of benzene rings is 4. The first-order chi connectivity index (χ1) is 16.6. The van der Waals surface area contributed by atoms with E-state index in [0.717, 1.165) is 22.3 Å². The van der Waals surface area contributed by atoms with Crippen LogP contribution >= 0.6 is 0 Å². The number of non-ortho nitro benzene ring substituents is 1. The van der Waals surface area contributed by atoms with Gasteiger partial charge in [-0.3, -0.25) is 14.9 Å². The van der Waals surface area contributed by atoms with Gasteiger partial charge in [0.2, 0.25) is 5.78 Å². The number of nitrogens with zero attached hydrogens (tertiary/aromatic N) is 1. The lowest BCUT2D eigenvalue weighted by atomic mass is 10.0. The predicted molar refractivity (Wildman–Crippen MR) is 129 cm³/mol. The second-order valence-electron chi connectivity index (χ2n) is 7.80. The SMILES string of the molecule is O=C1/C(=C/c2ccc(-c3ccccc3)cc2)Oc2cc(OCc3ccc([N+](=O)[O-])cc3)ccc21. The van der Waals surface area contributed by atoms with Crippen LogP contribution < -0.4 is 9.47 Å². The van der Waals surface area contributed by atoms with Crippen LogP contribution in [0.5, 0.6) is 11.5 Å². The molecule has 34 heavy (non-hydrogen) atoms. The number of ether oxygens (including phenoxy) is 2. The molecular formula is C28H19NO5. The summed E-state index contributed by atoms with van der Waals surface area (Å²) in [5.41, 5.74) is 4.40. The lowest BCUT2D eigenvalue weighted by Gasteiger charge is -2.07. The first kappa shape index (κ1) is 21.2. The zero-order valence-corrected chi connectivity index (χ0v) is 18.0. The van der Waals surface area contributed by atoms with E-state index in [0.29, 0.717) is 17.1 Å². The molecule has 0 radical (unpaired) electrons. The number of Topliss-reactive ketones (excluding diaryl/α,β-unsaturated/α-hetero) is 1. The number of carbonyl (C=O) groups excluding carboxylic acids is 1. The summed E-state index contributed by atoms with van der Waals surface area (Å²) in [4.78, 5) is 23.1. The van der Waals surface area contributed by atoms with Crippen LogP contribution in [0.1, 0.15) is 21.5 Å². The minimum absolute atomic E-state index is 0.0298. The average Bonchev–Trinajstić information content (AvgIpc) is 3.18. The maximum Gasteiger partial charge on any atom is 0.269 e. The Kier molecular flexibility index (Phi) is 5.62. The van der Waals surface area contributed by atoms with Gasteiger partial charge in [0.05, 0.1) is 10.5 Å². The number of carbonyl (C=O) groups is 1. The monoisotopic (exact) mass is 449 g/mol. The van der Waals surface area contributed by atoms with Crippen LogP contribution in [0, 0.1) is 10.1 Å². The van der Waals surface area contributed by atoms with Gasteiger partial charge in [-0.15, -0.1) is 0 Å². The standard InChI is InChI=1S/C28H19NO5/c30-28-25-15-14-24(33-18-20-8-12-23(13-9-20)29(31)32)17-26(25)34-27(28)16-19-6-10-22(11-7-19)21-4-2-1-3-5-21/h1-17H,18H2/b27-16-. The van der Waals surface area contributed by atoms with Gasteiger partial charge in [-0.2, -0.15) is 0 Å². The number of ketones is 1. The molecule has 0 N–H and O–H groups in total. The van der Waals surface area contributed by atoms with E-state index >= 15 is 0 Å². The van der Waals surface area contributed by atoms with E-state index in [1.165, 1.54) is 12.1 Å². The topological polar surface area (TPSA) is 78.7 Å². The maximum atomic E-state index is 12.8. The summed E-state index contributed by atoms with van der Waals surface area (Å²) < 4.78 is 11.6. The van der Waals surface area contributed by atoms with Gasteiger partial charge in [-0.05, 0) is 52.6 Å².